The van der Waals surface area contributed by atoms with E-state index in [1.165, 1.54) is 0 Å². The normalized spacial score (nSPS) is 11.2. The fourth-order valence-corrected chi connectivity index (χ4v) is 2.65. The molecule has 0 fully saturated rings. The first kappa shape index (κ1) is 16.9. The zero-order valence-electron chi connectivity index (χ0n) is 13.2. The van der Waals surface area contributed by atoms with E-state index in [9.17, 15) is 9.90 Å². The molecule has 0 amide bonds. The van der Waals surface area contributed by atoms with Gasteiger partial charge in [0.2, 0.25) is 0 Å². The highest BCUT2D eigenvalue weighted by Crippen LogP contribution is 2.18. The lowest BCUT2D eigenvalue weighted by Gasteiger charge is -2.10. The molecule has 3 rings (SSSR count). The van der Waals surface area contributed by atoms with Gasteiger partial charge in [0.1, 0.15) is 0 Å². The van der Waals surface area contributed by atoms with Crippen LogP contribution in [0.5, 0.6) is 0 Å². The van der Waals surface area contributed by atoms with Gasteiger partial charge in [0.25, 0.3) is 0 Å². The standard InChI is InChI=1S/C20H15BrN2O2/c21-16-12-10-15(11-13-16)19(14-6-2-1-3-7-14)23-22-18-9-5-4-8-17(18)20(24)25/h1-13,22H,(H,24,25)/b23-19-. The maximum atomic E-state index is 11.4. The number of aromatic carboxylic acids is 1. The van der Waals surface area contributed by atoms with Gasteiger partial charge < -0.3 is 5.11 Å². The second kappa shape index (κ2) is 7.77. The Bertz CT molecular complexity index is 906. The summed E-state index contributed by atoms with van der Waals surface area (Å²) in [6, 6.07) is 24.2. The van der Waals surface area contributed by atoms with Crippen molar-refractivity contribution in [2.45, 2.75) is 0 Å². The molecular weight excluding hydrogens is 380 g/mol. The Kier molecular flexibility index (Phi) is 5.26. The van der Waals surface area contributed by atoms with Crippen LogP contribution in [-0.2, 0) is 0 Å². The van der Waals surface area contributed by atoms with Crippen molar-refractivity contribution in [3.8, 4) is 0 Å². The summed E-state index contributed by atoms with van der Waals surface area (Å²) in [7, 11) is 0. The van der Waals surface area contributed by atoms with E-state index >= 15 is 0 Å². The van der Waals surface area contributed by atoms with Crippen molar-refractivity contribution in [3.63, 3.8) is 0 Å². The monoisotopic (exact) mass is 394 g/mol. The molecule has 5 heteroatoms. The van der Waals surface area contributed by atoms with Crippen molar-refractivity contribution < 1.29 is 9.90 Å². The van der Waals surface area contributed by atoms with Gasteiger partial charge in [0.15, 0.2) is 0 Å². The smallest absolute Gasteiger partial charge is 0.337 e. The lowest BCUT2D eigenvalue weighted by atomic mass is 10.0. The zero-order chi connectivity index (χ0) is 17.6. The first-order valence-electron chi connectivity index (χ1n) is 7.62. The topological polar surface area (TPSA) is 61.7 Å². The summed E-state index contributed by atoms with van der Waals surface area (Å²) >= 11 is 3.43. The summed E-state index contributed by atoms with van der Waals surface area (Å²) < 4.78 is 0.979. The minimum atomic E-state index is -0.997. The Hall–Kier alpha value is -2.92. The van der Waals surface area contributed by atoms with Crippen molar-refractivity contribution >= 4 is 33.3 Å². The fourth-order valence-electron chi connectivity index (χ4n) is 2.38. The lowest BCUT2D eigenvalue weighted by Crippen LogP contribution is -2.08. The molecule has 0 unspecified atom stereocenters. The molecule has 0 aliphatic rings. The Morgan fingerprint density at radius 2 is 1.44 bits per heavy atom. The molecule has 3 aromatic carbocycles. The van der Waals surface area contributed by atoms with E-state index in [1.807, 2.05) is 54.6 Å². The highest BCUT2D eigenvalue weighted by atomic mass is 79.9. The molecule has 0 bridgehead atoms. The van der Waals surface area contributed by atoms with Crippen LogP contribution in [0.1, 0.15) is 21.5 Å². The summed E-state index contributed by atoms with van der Waals surface area (Å²) in [5.74, 6) is -0.997. The van der Waals surface area contributed by atoms with Gasteiger partial charge in [-0.05, 0) is 24.3 Å². The van der Waals surface area contributed by atoms with Crippen LogP contribution in [0, 0.1) is 0 Å². The van der Waals surface area contributed by atoms with E-state index < -0.39 is 5.97 Å². The third kappa shape index (κ3) is 4.14. The molecule has 0 saturated carbocycles. The summed E-state index contributed by atoms with van der Waals surface area (Å²) in [4.78, 5) is 11.4. The Morgan fingerprint density at radius 1 is 0.840 bits per heavy atom. The molecule has 0 radical (unpaired) electrons. The molecule has 0 saturated heterocycles. The predicted molar refractivity (Wildman–Crippen MR) is 103 cm³/mol. The van der Waals surface area contributed by atoms with Crippen LogP contribution in [0.25, 0.3) is 0 Å². The van der Waals surface area contributed by atoms with Crippen LogP contribution in [0.3, 0.4) is 0 Å². The maximum absolute atomic E-state index is 11.4. The second-order valence-corrected chi connectivity index (χ2v) is 6.21. The number of rotatable bonds is 5. The molecule has 0 heterocycles. The SMILES string of the molecule is O=C(O)c1ccccc1N/N=C(/c1ccccc1)c1ccc(Br)cc1. The van der Waals surface area contributed by atoms with Crippen LogP contribution < -0.4 is 5.43 Å². The molecule has 25 heavy (non-hydrogen) atoms. The summed E-state index contributed by atoms with van der Waals surface area (Å²) in [5, 5.41) is 13.8. The molecule has 0 aliphatic heterocycles. The number of nitrogens with one attached hydrogen (secondary N) is 1. The molecule has 2 N–H and O–H groups in total. The Balaban J connectivity index is 2.02. The van der Waals surface area contributed by atoms with Crippen molar-refractivity contribution in [1.29, 1.82) is 0 Å². The van der Waals surface area contributed by atoms with Gasteiger partial charge in [0, 0.05) is 15.6 Å². The van der Waals surface area contributed by atoms with E-state index in [0.717, 1.165) is 21.3 Å². The largest absolute Gasteiger partial charge is 0.478 e. The second-order valence-electron chi connectivity index (χ2n) is 5.30. The number of hydrogen-bond donors (Lipinski definition) is 2. The van der Waals surface area contributed by atoms with Gasteiger partial charge in [-0.2, -0.15) is 5.10 Å². The van der Waals surface area contributed by atoms with Crippen molar-refractivity contribution in [2.24, 2.45) is 5.10 Å². The van der Waals surface area contributed by atoms with Crippen LogP contribution in [-0.4, -0.2) is 16.8 Å². The van der Waals surface area contributed by atoms with Gasteiger partial charge in [-0.15, -0.1) is 0 Å². The van der Waals surface area contributed by atoms with Crippen molar-refractivity contribution in [3.05, 3.63) is 100 Å². The van der Waals surface area contributed by atoms with Gasteiger partial charge >= 0.3 is 5.97 Å². The van der Waals surface area contributed by atoms with E-state index in [2.05, 4.69) is 26.5 Å². The van der Waals surface area contributed by atoms with Gasteiger partial charge in [-0.1, -0.05) is 70.5 Å². The molecule has 0 atom stereocenters. The molecule has 4 nitrogen and oxygen atoms in total. The predicted octanol–water partition coefficient (Wildman–Crippen LogP) is 5.01. The lowest BCUT2D eigenvalue weighted by molar-refractivity contribution is 0.0698. The summed E-state index contributed by atoms with van der Waals surface area (Å²) in [6.07, 6.45) is 0. The highest BCUT2D eigenvalue weighted by Gasteiger charge is 2.10. The van der Waals surface area contributed by atoms with E-state index in [1.54, 1.807) is 24.3 Å². The van der Waals surface area contributed by atoms with Crippen molar-refractivity contribution in [2.75, 3.05) is 5.43 Å². The average molecular weight is 395 g/mol. The number of carboxylic acids is 1. The molecule has 0 aromatic heterocycles. The minimum Gasteiger partial charge on any atom is -0.478 e. The summed E-state index contributed by atoms with van der Waals surface area (Å²) in [5.41, 5.74) is 6.11. The van der Waals surface area contributed by atoms with Crippen LogP contribution in [0.2, 0.25) is 0 Å². The minimum absolute atomic E-state index is 0.175. The number of benzene rings is 3. The number of anilines is 1. The number of para-hydroxylation sites is 1. The fraction of sp³-hybridized carbons (Fsp3) is 0. The quantitative estimate of drug-likeness (QED) is 0.472. The highest BCUT2D eigenvalue weighted by molar-refractivity contribution is 9.10. The number of hydrogen-bond acceptors (Lipinski definition) is 3. The molecule has 3 aromatic rings. The number of halogens is 1. The third-order valence-corrected chi connectivity index (χ3v) is 4.14. The van der Waals surface area contributed by atoms with Gasteiger partial charge in [-0.3, -0.25) is 5.43 Å². The first-order chi connectivity index (χ1) is 12.1. The van der Waals surface area contributed by atoms with E-state index in [4.69, 9.17) is 0 Å². The average Bonchev–Trinajstić information content (AvgIpc) is 2.64. The Labute approximate surface area is 154 Å². The van der Waals surface area contributed by atoms with Crippen LogP contribution >= 0.6 is 15.9 Å². The van der Waals surface area contributed by atoms with Gasteiger partial charge in [0.05, 0.1) is 17.0 Å². The van der Waals surface area contributed by atoms with E-state index in [0.29, 0.717) is 5.69 Å². The number of carbonyl (C=O) groups is 1. The molecule has 0 aliphatic carbocycles. The third-order valence-electron chi connectivity index (χ3n) is 3.61. The zero-order valence-corrected chi connectivity index (χ0v) is 14.8. The van der Waals surface area contributed by atoms with E-state index in [-0.39, 0.29) is 5.56 Å². The van der Waals surface area contributed by atoms with Gasteiger partial charge in [-0.25, -0.2) is 4.79 Å². The van der Waals surface area contributed by atoms with Crippen molar-refractivity contribution in [1.82, 2.24) is 0 Å². The first-order valence-corrected chi connectivity index (χ1v) is 8.42. The molecular formula is C20H15BrN2O2. The number of carboxylic acid groups (broad SMARTS) is 1. The molecule has 0 spiro atoms. The Morgan fingerprint density at radius 3 is 2.12 bits per heavy atom. The number of nitrogens with zero attached hydrogens (tertiary/aromatic N) is 1. The van der Waals surface area contributed by atoms with Crippen LogP contribution in [0.15, 0.2) is 88.4 Å². The summed E-state index contributed by atoms with van der Waals surface area (Å²) in [6.45, 7) is 0. The molecule has 124 valence electrons. The van der Waals surface area contributed by atoms with Crippen LogP contribution in [0.4, 0.5) is 5.69 Å². The number of hydrazone groups is 1. The maximum Gasteiger partial charge on any atom is 0.337 e.